The second-order valence-corrected chi connectivity index (χ2v) is 2.51. The highest BCUT2D eigenvalue weighted by Gasteiger charge is 2.12. The second-order valence-electron chi connectivity index (χ2n) is 2.51. The van der Waals surface area contributed by atoms with Crippen LogP contribution in [0, 0.1) is 0 Å². The van der Waals surface area contributed by atoms with Crippen LogP contribution in [0.25, 0.3) is 0 Å². The molecule has 0 spiro atoms. The number of ether oxygens (including phenoxy) is 2. The SMILES string of the molecule is O=[C]Cc1ccc2c(c1)OCO2. The molecule has 12 heavy (non-hydrogen) atoms. The average molecular weight is 163 g/mol. The van der Waals surface area contributed by atoms with Crippen LogP contribution in [0.1, 0.15) is 5.56 Å². The van der Waals surface area contributed by atoms with E-state index in [1.54, 1.807) is 12.1 Å². The van der Waals surface area contributed by atoms with E-state index in [4.69, 9.17) is 9.47 Å². The Morgan fingerprint density at radius 2 is 2.17 bits per heavy atom. The fraction of sp³-hybridized carbons (Fsp3) is 0.222. The number of fused-ring (bicyclic) bond motifs is 1. The van der Waals surface area contributed by atoms with Gasteiger partial charge in [-0.05, 0) is 17.7 Å². The van der Waals surface area contributed by atoms with Gasteiger partial charge in [0.25, 0.3) is 0 Å². The molecule has 1 aliphatic rings. The van der Waals surface area contributed by atoms with Crippen LogP contribution in [-0.2, 0) is 11.2 Å². The maximum atomic E-state index is 10.1. The van der Waals surface area contributed by atoms with Gasteiger partial charge in [0, 0.05) is 6.42 Å². The number of rotatable bonds is 2. The highest BCUT2D eigenvalue weighted by molar-refractivity contribution is 5.57. The molecule has 0 saturated carbocycles. The lowest BCUT2D eigenvalue weighted by molar-refractivity contribution is 0.174. The smallest absolute Gasteiger partial charge is 0.231 e. The first-order valence-electron chi connectivity index (χ1n) is 3.63. The van der Waals surface area contributed by atoms with Crippen molar-refractivity contribution in [2.75, 3.05) is 6.79 Å². The molecule has 3 heteroatoms. The fourth-order valence-electron chi connectivity index (χ4n) is 1.13. The van der Waals surface area contributed by atoms with Gasteiger partial charge in [-0.25, -0.2) is 0 Å². The zero-order valence-electron chi connectivity index (χ0n) is 6.37. The van der Waals surface area contributed by atoms with E-state index in [9.17, 15) is 4.79 Å². The molecular weight excluding hydrogens is 156 g/mol. The predicted molar refractivity (Wildman–Crippen MR) is 42.0 cm³/mol. The Labute approximate surface area is 69.9 Å². The molecule has 0 aromatic heterocycles. The predicted octanol–water partition coefficient (Wildman–Crippen LogP) is 1.07. The van der Waals surface area contributed by atoms with Crippen LogP contribution < -0.4 is 9.47 Å². The molecule has 0 unspecified atom stereocenters. The molecule has 1 radical (unpaired) electrons. The van der Waals surface area contributed by atoms with Gasteiger partial charge in [-0.2, -0.15) is 0 Å². The lowest BCUT2D eigenvalue weighted by Crippen LogP contribution is -1.92. The second kappa shape index (κ2) is 2.85. The van der Waals surface area contributed by atoms with Crippen molar-refractivity contribution in [3.8, 4) is 11.5 Å². The zero-order valence-corrected chi connectivity index (χ0v) is 6.37. The standard InChI is InChI=1S/C9H7O3/c10-4-3-7-1-2-8-9(5-7)12-6-11-8/h1-2,5H,3,6H2. The van der Waals surface area contributed by atoms with Crippen LogP contribution in [0.15, 0.2) is 18.2 Å². The molecule has 0 N–H and O–H groups in total. The quantitative estimate of drug-likeness (QED) is 0.654. The molecule has 1 aliphatic heterocycles. The van der Waals surface area contributed by atoms with E-state index in [1.165, 1.54) is 0 Å². The van der Waals surface area contributed by atoms with Gasteiger partial charge >= 0.3 is 0 Å². The largest absolute Gasteiger partial charge is 0.454 e. The molecule has 1 aromatic carbocycles. The zero-order chi connectivity index (χ0) is 8.39. The molecule has 0 atom stereocenters. The molecule has 0 amide bonds. The lowest BCUT2D eigenvalue weighted by atomic mass is 10.1. The first kappa shape index (κ1) is 7.16. The van der Waals surface area contributed by atoms with Gasteiger partial charge in [-0.15, -0.1) is 0 Å². The van der Waals surface area contributed by atoms with E-state index in [0.29, 0.717) is 12.2 Å². The van der Waals surface area contributed by atoms with E-state index in [1.807, 2.05) is 12.4 Å². The maximum absolute atomic E-state index is 10.1. The number of benzene rings is 1. The van der Waals surface area contributed by atoms with Gasteiger partial charge < -0.3 is 9.47 Å². The lowest BCUT2D eigenvalue weighted by Gasteiger charge is -1.97. The van der Waals surface area contributed by atoms with Crippen LogP contribution in [-0.4, -0.2) is 13.1 Å². The summed E-state index contributed by atoms with van der Waals surface area (Å²) in [6.07, 6.45) is 2.13. The van der Waals surface area contributed by atoms with Crippen LogP contribution in [0.4, 0.5) is 0 Å². The Bertz CT molecular complexity index is 307. The van der Waals surface area contributed by atoms with Crippen molar-refractivity contribution in [2.45, 2.75) is 6.42 Å². The minimum absolute atomic E-state index is 0.267. The third kappa shape index (κ3) is 1.13. The summed E-state index contributed by atoms with van der Waals surface area (Å²) in [5.41, 5.74) is 0.897. The van der Waals surface area contributed by atoms with Crippen LogP contribution in [0.3, 0.4) is 0 Å². The van der Waals surface area contributed by atoms with Crippen molar-refractivity contribution in [1.82, 2.24) is 0 Å². The van der Waals surface area contributed by atoms with E-state index in [-0.39, 0.29) is 6.79 Å². The van der Waals surface area contributed by atoms with Crippen molar-refractivity contribution >= 4 is 6.29 Å². The third-order valence-electron chi connectivity index (χ3n) is 1.71. The summed E-state index contributed by atoms with van der Waals surface area (Å²) >= 11 is 0. The van der Waals surface area contributed by atoms with Gasteiger partial charge in [0.15, 0.2) is 11.5 Å². The number of carbonyl (C=O) groups excluding carboxylic acids is 1. The third-order valence-corrected chi connectivity index (χ3v) is 1.71. The summed E-state index contributed by atoms with van der Waals surface area (Å²) < 4.78 is 10.2. The van der Waals surface area contributed by atoms with Gasteiger partial charge in [-0.3, -0.25) is 4.79 Å². The van der Waals surface area contributed by atoms with Gasteiger partial charge in [0.05, 0.1) is 0 Å². The number of hydrogen-bond acceptors (Lipinski definition) is 3. The molecule has 0 bridgehead atoms. The topological polar surface area (TPSA) is 35.5 Å². The van der Waals surface area contributed by atoms with Crippen LogP contribution in [0.2, 0.25) is 0 Å². The minimum Gasteiger partial charge on any atom is -0.454 e. The van der Waals surface area contributed by atoms with Crippen LogP contribution >= 0.6 is 0 Å². The first-order chi connectivity index (χ1) is 5.90. The van der Waals surface area contributed by atoms with Crippen molar-refractivity contribution in [2.24, 2.45) is 0 Å². The maximum Gasteiger partial charge on any atom is 0.231 e. The van der Waals surface area contributed by atoms with Crippen molar-refractivity contribution in [3.63, 3.8) is 0 Å². The molecular formula is C9H7O3. The van der Waals surface area contributed by atoms with Crippen molar-refractivity contribution in [1.29, 1.82) is 0 Å². The van der Waals surface area contributed by atoms with Gasteiger partial charge in [-0.1, -0.05) is 6.07 Å². The summed E-state index contributed by atoms with van der Waals surface area (Å²) in [4.78, 5) is 10.1. The van der Waals surface area contributed by atoms with Crippen molar-refractivity contribution in [3.05, 3.63) is 23.8 Å². The molecule has 0 saturated heterocycles. The van der Waals surface area contributed by atoms with E-state index in [0.717, 1.165) is 11.3 Å². The summed E-state index contributed by atoms with van der Waals surface area (Å²) in [5.74, 6) is 1.45. The Morgan fingerprint density at radius 1 is 1.33 bits per heavy atom. The monoisotopic (exact) mass is 163 g/mol. The van der Waals surface area contributed by atoms with E-state index < -0.39 is 0 Å². The molecule has 2 rings (SSSR count). The molecule has 0 fully saturated rings. The Kier molecular flexibility index (Phi) is 1.70. The minimum atomic E-state index is 0.267. The summed E-state index contributed by atoms with van der Waals surface area (Å²) in [5, 5.41) is 0. The summed E-state index contributed by atoms with van der Waals surface area (Å²) in [7, 11) is 0. The fourth-order valence-corrected chi connectivity index (χ4v) is 1.13. The normalized spacial score (nSPS) is 13.0. The number of hydrogen-bond donors (Lipinski definition) is 0. The van der Waals surface area contributed by atoms with Crippen LogP contribution in [0.5, 0.6) is 11.5 Å². The summed E-state index contributed by atoms with van der Waals surface area (Å²) in [6, 6.07) is 5.43. The van der Waals surface area contributed by atoms with Gasteiger partial charge in [0.2, 0.25) is 13.1 Å². The first-order valence-corrected chi connectivity index (χ1v) is 3.63. The van der Waals surface area contributed by atoms with E-state index in [2.05, 4.69) is 0 Å². The molecule has 3 nitrogen and oxygen atoms in total. The highest BCUT2D eigenvalue weighted by Crippen LogP contribution is 2.32. The van der Waals surface area contributed by atoms with E-state index >= 15 is 0 Å². The highest BCUT2D eigenvalue weighted by atomic mass is 16.7. The molecule has 61 valence electrons. The Hall–Kier alpha value is -1.51. The average Bonchev–Trinajstić information content (AvgIpc) is 2.51. The van der Waals surface area contributed by atoms with Crippen molar-refractivity contribution < 1.29 is 14.3 Å². The Balaban J connectivity index is 2.32. The van der Waals surface area contributed by atoms with Gasteiger partial charge in [0.1, 0.15) is 0 Å². The molecule has 1 aromatic rings. The molecule has 1 heterocycles. The molecule has 0 aliphatic carbocycles. The summed E-state index contributed by atoms with van der Waals surface area (Å²) in [6.45, 7) is 0.267. The Morgan fingerprint density at radius 3 is 3.00 bits per heavy atom.